The SMILES string of the molecule is CNC(c1ccc(OC)c(F)c1)c1cc(C)nnc1C. The maximum atomic E-state index is 13.9. The third-order valence-electron chi connectivity index (χ3n) is 3.25. The number of methoxy groups -OCH3 is 1. The molecular formula is C15H18FN3O. The van der Waals surface area contributed by atoms with Crippen LogP contribution < -0.4 is 10.1 Å². The van der Waals surface area contributed by atoms with Gasteiger partial charge in [0.1, 0.15) is 0 Å². The zero-order valence-electron chi connectivity index (χ0n) is 12.1. The maximum Gasteiger partial charge on any atom is 0.165 e. The van der Waals surface area contributed by atoms with Crippen LogP contribution in [-0.2, 0) is 0 Å². The van der Waals surface area contributed by atoms with Crippen LogP contribution in [0.4, 0.5) is 4.39 Å². The molecule has 1 unspecified atom stereocenters. The average Bonchev–Trinajstić information content (AvgIpc) is 2.44. The Hall–Kier alpha value is -2.01. The van der Waals surface area contributed by atoms with E-state index in [9.17, 15) is 4.39 Å². The first-order valence-corrected chi connectivity index (χ1v) is 6.38. The molecular weight excluding hydrogens is 257 g/mol. The number of aromatic nitrogens is 2. The van der Waals surface area contributed by atoms with Crippen molar-refractivity contribution in [2.75, 3.05) is 14.2 Å². The van der Waals surface area contributed by atoms with Gasteiger partial charge in [-0.1, -0.05) is 6.07 Å². The topological polar surface area (TPSA) is 47.0 Å². The fourth-order valence-electron chi connectivity index (χ4n) is 2.23. The Bertz CT molecular complexity index is 616. The van der Waals surface area contributed by atoms with Crippen molar-refractivity contribution in [3.8, 4) is 5.75 Å². The molecule has 0 radical (unpaired) electrons. The summed E-state index contributed by atoms with van der Waals surface area (Å²) >= 11 is 0. The van der Waals surface area contributed by atoms with Gasteiger partial charge in [0, 0.05) is 0 Å². The molecule has 5 heteroatoms. The smallest absolute Gasteiger partial charge is 0.165 e. The number of benzene rings is 1. The second-order valence-corrected chi connectivity index (χ2v) is 4.64. The quantitative estimate of drug-likeness (QED) is 0.931. The molecule has 1 N–H and O–H groups in total. The molecule has 4 nitrogen and oxygen atoms in total. The molecule has 0 saturated carbocycles. The van der Waals surface area contributed by atoms with Gasteiger partial charge in [-0.3, -0.25) is 0 Å². The normalized spacial score (nSPS) is 12.2. The monoisotopic (exact) mass is 275 g/mol. The second-order valence-electron chi connectivity index (χ2n) is 4.64. The van der Waals surface area contributed by atoms with Crippen LogP contribution in [0.5, 0.6) is 5.75 Å². The van der Waals surface area contributed by atoms with Crippen LogP contribution in [0.2, 0.25) is 0 Å². The molecule has 1 heterocycles. The summed E-state index contributed by atoms with van der Waals surface area (Å²) in [4.78, 5) is 0. The van der Waals surface area contributed by atoms with Crippen molar-refractivity contribution in [3.63, 3.8) is 0 Å². The van der Waals surface area contributed by atoms with Gasteiger partial charge in [-0.25, -0.2) is 4.39 Å². The first-order chi connectivity index (χ1) is 9.56. The molecule has 1 atom stereocenters. The van der Waals surface area contributed by atoms with Crippen LogP contribution in [0.1, 0.15) is 28.6 Å². The van der Waals surface area contributed by atoms with Crippen molar-refractivity contribution in [1.29, 1.82) is 0 Å². The summed E-state index contributed by atoms with van der Waals surface area (Å²) in [7, 11) is 3.29. The zero-order valence-corrected chi connectivity index (χ0v) is 12.1. The molecule has 1 aromatic carbocycles. The van der Waals surface area contributed by atoms with Crippen molar-refractivity contribution in [3.05, 3.63) is 52.6 Å². The summed E-state index contributed by atoms with van der Waals surface area (Å²) in [6, 6.07) is 6.79. The Balaban J connectivity index is 2.46. The van der Waals surface area contributed by atoms with E-state index in [1.807, 2.05) is 33.0 Å². The molecule has 1 aromatic heterocycles. The van der Waals surface area contributed by atoms with Crippen LogP contribution >= 0.6 is 0 Å². The second kappa shape index (κ2) is 5.96. The summed E-state index contributed by atoms with van der Waals surface area (Å²) in [5.74, 6) is -0.133. The number of hydrogen-bond donors (Lipinski definition) is 1. The van der Waals surface area contributed by atoms with Gasteiger partial charge in [-0.15, -0.1) is 0 Å². The molecule has 0 aliphatic carbocycles. The summed E-state index contributed by atoms with van der Waals surface area (Å²) in [6.45, 7) is 3.78. The molecule has 0 fully saturated rings. The van der Waals surface area contributed by atoms with Crippen LogP contribution in [0, 0.1) is 19.7 Å². The zero-order chi connectivity index (χ0) is 14.7. The Morgan fingerprint density at radius 1 is 1.20 bits per heavy atom. The lowest BCUT2D eigenvalue weighted by atomic mass is 9.97. The fourth-order valence-corrected chi connectivity index (χ4v) is 2.23. The highest BCUT2D eigenvalue weighted by Gasteiger charge is 2.17. The van der Waals surface area contributed by atoms with Crippen molar-refractivity contribution in [1.82, 2.24) is 15.5 Å². The van der Waals surface area contributed by atoms with E-state index >= 15 is 0 Å². The van der Waals surface area contributed by atoms with Gasteiger partial charge < -0.3 is 10.1 Å². The minimum Gasteiger partial charge on any atom is -0.494 e. The summed E-state index contributed by atoms with van der Waals surface area (Å²) in [6.07, 6.45) is 0. The minimum absolute atomic E-state index is 0.135. The van der Waals surface area contributed by atoms with E-state index in [0.717, 1.165) is 22.5 Å². The Kier molecular flexibility index (Phi) is 4.29. The fraction of sp³-hybridized carbons (Fsp3) is 0.333. The van der Waals surface area contributed by atoms with E-state index in [1.165, 1.54) is 13.2 Å². The summed E-state index contributed by atoms with van der Waals surface area (Å²) < 4.78 is 18.8. The number of hydrogen-bond acceptors (Lipinski definition) is 4. The largest absolute Gasteiger partial charge is 0.494 e. The van der Waals surface area contributed by atoms with Crippen molar-refractivity contribution >= 4 is 0 Å². The van der Waals surface area contributed by atoms with Crippen molar-refractivity contribution < 1.29 is 9.13 Å². The predicted molar refractivity (Wildman–Crippen MR) is 75.4 cm³/mol. The molecule has 106 valence electrons. The lowest BCUT2D eigenvalue weighted by Crippen LogP contribution is -2.20. The van der Waals surface area contributed by atoms with Gasteiger partial charge in [-0.05, 0) is 50.2 Å². The third-order valence-corrected chi connectivity index (χ3v) is 3.25. The highest BCUT2D eigenvalue weighted by atomic mass is 19.1. The van der Waals surface area contributed by atoms with Crippen LogP contribution in [0.25, 0.3) is 0 Å². The maximum absolute atomic E-state index is 13.9. The first kappa shape index (κ1) is 14.4. The molecule has 20 heavy (non-hydrogen) atoms. The van der Waals surface area contributed by atoms with Crippen LogP contribution in [0.15, 0.2) is 24.3 Å². The van der Waals surface area contributed by atoms with E-state index in [4.69, 9.17) is 4.74 Å². The van der Waals surface area contributed by atoms with Gasteiger partial charge >= 0.3 is 0 Å². The number of ether oxygens (including phenoxy) is 1. The Labute approximate surface area is 118 Å². The summed E-state index contributed by atoms with van der Waals surface area (Å²) in [5, 5.41) is 11.3. The van der Waals surface area contributed by atoms with E-state index < -0.39 is 0 Å². The van der Waals surface area contributed by atoms with Crippen molar-refractivity contribution in [2.45, 2.75) is 19.9 Å². The van der Waals surface area contributed by atoms with E-state index in [2.05, 4.69) is 15.5 Å². The van der Waals surface area contributed by atoms with E-state index in [1.54, 1.807) is 6.07 Å². The van der Waals surface area contributed by atoms with Gasteiger partial charge in [0.2, 0.25) is 0 Å². The number of halogens is 1. The Morgan fingerprint density at radius 2 is 1.95 bits per heavy atom. The minimum atomic E-state index is -0.373. The molecule has 0 aliphatic rings. The molecule has 2 rings (SSSR count). The van der Waals surface area contributed by atoms with Gasteiger partial charge in [0.15, 0.2) is 11.6 Å². The molecule has 0 aliphatic heterocycles. The van der Waals surface area contributed by atoms with E-state index in [0.29, 0.717) is 0 Å². The highest BCUT2D eigenvalue weighted by Crippen LogP contribution is 2.27. The van der Waals surface area contributed by atoms with Crippen LogP contribution in [-0.4, -0.2) is 24.4 Å². The molecule has 0 amide bonds. The van der Waals surface area contributed by atoms with Gasteiger partial charge in [-0.2, -0.15) is 10.2 Å². The lowest BCUT2D eigenvalue weighted by Gasteiger charge is -2.19. The van der Waals surface area contributed by atoms with Gasteiger partial charge in [0.25, 0.3) is 0 Å². The predicted octanol–water partition coefficient (Wildman–Crippen LogP) is 2.55. The third kappa shape index (κ3) is 2.77. The first-order valence-electron chi connectivity index (χ1n) is 6.38. The molecule has 2 aromatic rings. The van der Waals surface area contributed by atoms with Gasteiger partial charge in [0.05, 0.1) is 24.5 Å². The number of aryl methyl sites for hydroxylation is 2. The van der Waals surface area contributed by atoms with Crippen molar-refractivity contribution in [2.24, 2.45) is 0 Å². The molecule has 0 spiro atoms. The lowest BCUT2D eigenvalue weighted by molar-refractivity contribution is 0.386. The number of nitrogens with one attached hydrogen (secondary N) is 1. The summed E-state index contributed by atoms with van der Waals surface area (Å²) in [5.41, 5.74) is 3.47. The molecule has 0 saturated heterocycles. The van der Waals surface area contributed by atoms with Crippen LogP contribution in [0.3, 0.4) is 0 Å². The number of nitrogens with zero attached hydrogens (tertiary/aromatic N) is 2. The Morgan fingerprint density at radius 3 is 2.55 bits per heavy atom. The molecule has 0 bridgehead atoms. The number of rotatable bonds is 4. The van der Waals surface area contributed by atoms with E-state index in [-0.39, 0.29) is 17.6 Å². The average molecular weight is 275 g/mol. The standard InChI is InChI=1S/C15H18FN3O/c1-9-7-12(10(2)19-18-9)15(17-3)11-5-6-14(20-4)13(16)8-11/h5-8,15,17H,1-4H3. The highest BCUT2D eigenvalue weighted by molar-refractivity contribution is 5.38.